The van der Waals surface area contributed by atoms with E-state index in [-0.39, 0.29) is 0 Å². The van der Waals surface area contributed by atoms with Crippen LogP contribution >= 0.6 is 0 Å². The molecule has 0 fully saturated rings. The molecule has 0 spiro atoms. The van der Waals surface area contributed by atoms with E-state index < -0.39 is 0 Å². The zero-order valence-electron chi connectivity index (χ0n) is 7.68. The molecule has 1 aromatic heterocycles. The van der Waals surface area contributed by atoms with Crippen LogP contribution in [0.15, 0.2) is 35.5 Å². The Hall–Kier alpha value is -1.97. The SMILES string of the molecule is Cc1c/c(=N/O)c2ccccc2n1O. The normalized spacial score (nSPS) is 12.2. The van der Waals surface area contributed by atoms with Crippen LogP contribution in [0.25, 0.3) is 10.9 Å². The van der Waals surface area contributed by atoms with E-state index in [2.05, 4.69) is 5.16 Å². The number of fused-ring (bicyclic) bond motifs is 1. The van der Waals surface area contributed by atoms with Crippen LogP contribution in [-0.4, -0.2) is 15.1 Å². The summed E-state index contributed by atoms with van der Waals surface area (Å²) in [6, 6.07) is 8.80. The molecule has 0 amide bonds. The maximum absolute atomic E-state index is 9.67. The number of hydrogen-bond donors (Lipinski definition) is 2. The molecule has 0 aliphatic carbocycles. The van der Waals surface area contributed by atoms with Gasteiger partial charge >= 0.3 is 0 Å². The number of rotatable bonds is 0. The van der Waals surface area contributed by atoms with E-state index in [1.165, 1.54) is 0 Å². The third kappa shape index (κ3) is 1.12. The lowest BCUT2D eigenvalue weighted by Crippen LogP contribution is -2.11. The first-order valence-electron chi connectivity index (χ1n) is 4.23. The Morgan fingerprint density at radius 2 is 2.00 bits per heavy atom. The van der Waals surface area contributed by atoms with Gasteiger partial charge in [0.2, 0.25) is 0 Å². The van der Waals surface area contributed by atoms with Crippen molar-refractivity contribution in [1.82, 2.24) is 4.73 Å². The van der Waals surface area contributed by atoms with Gasteiger partial charge in [0.1, 0.15) is 5.36 Å². The monoisotopic (exact) mass is 190 g/mol. The summed E-state index contributed by atoms with van der Waals surface area (Å²) in [5.74, 6) is 0. The number of hydrogen-bond acceptors (Lipinski definition) is 3. The average molecular weight is 190 g/mol. The number of nitrogens with zero attached hydrogens (tertiary/aromatic N) is 2. The smallest absolute Gasteiger partial charge is 0.113 e. The van der Waals surface area contributed by atoms with Crippen molar-refractivity contribution in [2.24, 2.45) is 5.16 Å². The van der Waals surface area contributed by atoms with Crippen LogP contribution in [0.1, 0.15) is 5.69 Å². The number of aromatic nitrogens is 1. The molecule has 0 aliphatic rings. The second-order valence-corrected chi connectivity index (χ2v) is 3.10. The van der Waals surface area contributed by atoms with Gasteiger partial charge in [0.15, 0.2) is 0 Å². The summed E-state index contributed by atoms with van der Waals surface area (Å²) in [6.07, 6.45) is 0. The summed E-state index contributed by atoms with van der Waals surface area (Å²) >= 11 is 0. The van der Waals surface area contributed by atoms with Gasteiger partial charge in [-0.05, 0) is 19.1 Å². The van der Waals surface area contributed by atoms with Crippen molar-refractivity contribution >= 4 is 10.9 Å². The molecule has 2 aromatic rings. The van der Waals surface area contributed by atoms with Crippen LogP contribution in [0, 0.1) is 6.92 Å². The minimum Gasteiger partial charge on any atom is -0.428 e. The molecule has 0 bridgehead atoms. The first-order valence-corrected chi connectivity index (χ1v) is 4.23. The van der Waals surface area contributed by atoms with Gasteiger partial charge in [-0.1, -0.05) is 23.4 Å². The second kappa shape index (κ2) is 3.06. The maximum atomic E-state index is 9.67. The van der Waals surface area contributed by atoms with Crippen molar-refractivity contribution in [2.75, 3.05) is 0 Å². The molecule has 4 heteroatoms. The van der Waals surface area contributed by atoms with Crippen LogP contribution in [-0.2, 0) is 0 Å². The van der Waals surface area contributed by atoms with Crippen molar-refractivity contribution in [2.45, 2.75) is 6.92 Å². The van der Waals surface area contributed by atoms with E-state index in [0.29, 0.717) is 22.0 Å². The fourth-order valence-corrected chi connectivity index (χ4v) is 1.48. The highest BCUT2D eigenvalue weighted by Crippen LogP contribution is 2.09. The van der Waals surface area contributed by atoms with Crippen LogP contribution in [0.5, 0.6) is 0 Å². The van der Waals surface area contributed by atoms with Gasteiger partial charge in [0.05, 0.1) is 11.2 Å². The van der Waals surface area contributed by atoms with Crippen molar-refractivity contribution in [1.29, 1.82) is 0 Å². The molecule has 1 heterocycles. The molecule has 0 radical (unpaired) electrons. The predicted octanol–water partition coefficient (Wildman–Crippen LogP) is 1.48. The van der Waals surface area contributed by atoms with E-state index in [4.69, 9.17) is 5.21 Å². The van der Waals surface area contributed by atoms with Crippen molar-refractivity contribution in [3.05, 3.63) is 41.4 Å². The van der Waals surface area contributed by atoms with Gasteiger partial charge in [-0.3, -0.25) is 0 Å². The molecule has 4 nitrogen and oxygen atoms in total. The summed E-state index contributed by atoms with van der Waals surface area (Å²) in [5.41, 5.74) is 1.25. The summed E-state index contributed by atoms with van der Waals surface area (Å²) in [5, 5.41) is 22.8. The Labute approximate surface area is 80.3 Å². The molecule has 1 aromatic carbocycles. The molecule has 0 unspecified atom stereocenters. The first-order chi connectivity index (χ1) is 6.74. The van der Waals surface area contributed by atoms with E-state index in [1.807, 2.05) is 12.1 Å². The van der Waals surface area contributed by atoms with E-state index in [9.17, 15) is 5.21 Å². The molecule has 2 N–H and O–H groups in total. The highest BCUT2D eigenvalue weighted by Gasteiger charge is 2.02. The maximum Gasteiger partial charge on any atom is 0.113 e. The van der Waals surface area contributed by atoms with Crippen molar-refractivity contribution < 1.29 is 10.4 Å². The van der Waals surface area contributed by atoms with Gasteiger partial charge in [-0.25, -0.2) is 0 Å². The zero-order valence-corrected chi connectivity index (χ0v) is 7.68. The third-order valence-electron chi connectivity index (χ3n) is 2.20. The Morgan fingerprint density at radius 3 is 2.71 bits per heavy atom. The fraction of sp³-hybridized carbons (Fsp3) is 0.100. The average Bonchev–Trinajstić information content (AvgIpc) is 2.23. The van der Waals surface area contributed by atoms with Crippen LogP contribution in [0.2, 0.25) is 0 Å². The van der Waals surface area contributed by atoms with Gasteiger partial charge in [-0.15, -0.1) is 0 Å². The molecule has 0 saturated heterocycles. The van der Waals surface area contributed by atoms with Gasteiger partial charge in [0, 0.05) is 5.39 Å². The fourth-order valence-electron chi connectivity index (χ4n) is 1.48. The highest BCUT2D eigenvalue weighted by molar-refractivity contribution is 5.78. The van der Waals surface area contributed by atoms with Crippen LogP contribution in [0.4, 0.5) is 0 Å². The molecule has 14 heavy (non-hydrogen) atoms. The highest BCUT2D eigenvalue weighted by atomic mass is 16.5. The van der Waals surface area contributed by atoms with Crippen LogP contribution < -0.4 is 5.36 Å². The number of benzene rings is 1. The van der Waals surface area contributed by atoms with E-state index in [1.54, 1.807) is 25.1 Å². The topological polar surface area (TPSA) is 57.8 Å². The quantitative estimate of drug-likeness (QED) is 0.375. The summed E-state index contributed by atoms with van der Waals surface area (Å²) in [4.78, 5) is 0. The lowest BCUT2D eigenvalue weighted by molar-refractivity contribution is 0.191. The third-order valence-corrected chi connectivity index (χ3v) is 2.20. The largest absolute Gasteiger partial charge is 0.428 e. The number of para-hydroxylation sites is 1. The molecular formula is C10H10N2O2. The van der Waals surface area contributed by atoms with Gasteiger partial charge in [0.25, 0.3) is 0 Å². The molecule has 0 atom stereocenters. The molecule has 0 saturated carbocycles. The molecule has 72 valence electrons. The van der Waals surface area contributed by atoms with Gasteiger partial charge < -0.3 is 10.4 Å². The summed E-state index contributed by atoms with van der Waals surface area (Å²) in [6.45, 7) is 1.74. The van der Waals surface area contributed by atoms with Crippen LogP contribution in [0.3, 0.4) is 0 Å². The standard InChI is InChI=1S/C10H10N2O2/c1-7-6-9(11-13)8-4-2-3-5-10(8)12(7)14/h2-6,13-14H,1H3/b11-9-. The Balaban J connectivity index is 3.05. The summed E-state index contributed by atoms with van der Waals surface area (Å²) in [7, 11) is 0. The minimum absolute atomic E-state index is 0.461. The Bertz CT molecular complexity index is 543. The second-order valence-electron chi connectivity index (χ2n) is 3.10. The van der Waals surface area contributed by atoms with Crippen molar-refractivity contribution in [3.63, 3.8) is 0 Å². The zero-order chi connectivity index (χ0) is 10.1. The number of aryl methyl sites for hydroxylation is 1. The summed E-state index contributed by atoms with van der Waals surface area (Å²) < 4.78 is 1.07. The Morgan fingerprint density at radius 1 is 1.29 bits per heavy atom. The van der Waals surface area contributed by atoms with E-state index in [0.717, 1.165) is 4.73 Å². The first kappa shape index (κ1) is 8.62. The van der Waals surface area contributed by atoms with Crippen molar-refractivity contribution in [3.8, 4) is 0 Å². The lowest BCUT2D eigenvalue weighted by Gasteiger charge is -2.06. The lowest BCUT2D eigenvalue weighted by atomic mass is 10.2. The molecule has 0 aliphatic heterocycles. The molecular weight excluding hydrogens is 180 g/mol. The predicted molar refractivity (Wildman–Crippen MR) is 51.2 cm³/mol. The minimum atomic E-state index is 0.461. The Kier molecular flexibility index (Phi) is 1.89. The van der Waals surface area contributed by atoms with Gasteiger partial charge in [-0.2, -0.15) is 4.73 Å². The molecule has 2 rings (SSSR count). The van der Waals surface area contributed by atoms with E-state index >= 15 is 0 Å². The number of pyridine rings is 1.